The molecule has 0 aromatic heterocycles. The van der Waals surface area contributed by atoms with Crippen LogP contribution in [0.3, 0.4) is 0 Å². The zero-order chi connectivity index (χ0) is 6.57. The summed E-state index contributed by atoms with van der Waals surface area (Å²) in [6.45, 7) is 6.22. The molecule has 0 bridgehead atoms. The predicted molar refractivity (Wildman–Crippen MR) is 34.2 cm³/mol. The largest absolute Gasteiger partial charge is 0.198 e. The molecule has 0 aromatic rings. The van der Waals surface area contributed by atoms with Crippen LogP contribution in [0.4, 0.5) is 0 Å². The smallest absolute Gasteiger partial charge is 0.0652 e. The van der Waals surface area contributed by atoms with E-state index in [9.17, 15) is 0 Å². The molecule has 0 aromatic carbocycles. The zero-order valence-corrected chi connectivity index (χ0v) is 5.81. The highest BCUT2D eigenvalue weighted by molar-refractivity contribution is 4.78. The van der Waals surface area contributed by atoms with Gasteiger partial charge < -0.3 is 0 Å². The number of hydrogen-bond donors (Lipinski definition) is 0. The van der Waals surface area contributed by atoms with Crippen LogP contribution in [-0.2, 0) is 0 Å². The summed E-state index contributed by atoms with van der Waals surface area (Å²) in [7, 11) is 0. The van der Waals surface area contributed by atoms with Crippen LogP contribution in [0.25, 0.3) is 0 Å². The third-order valence-electron chi connectivity index (χ3n) is 1.05. The van der Waals surface area contributed by atoms with Crippen molar-refractivity contribution in [3.05, 3.63) is 0 Å². The minimum Gasteiger partial charge on any atom is -0.198 e. The maximum Gasteiger partial charge on any atom is 0.0652 e. The summed E-state index contributed by atoms with van der Waals surface area (Å²) in [5.41, 5.74) is 0. The third kappa shape index (κ3) is 3.67. The van der Waals surface area contributed by atoms with E-state index in [2.05, 4.69) is 19.9 Å². The molecule has 0 N–H and O–H groups in total. The third-order valence-corrected chi connectivity index (χ3v) is 1.05. The standard InChI is InChI=1S/C7H13N/c1-6(2)4-7(3)5-8/h6-7H,4H2,1-3H3/t7-/m0/s1. The van der Waals surface area contributed by atoms with Crippen molar-refractivity contribution in [1.82, 2.24) is 0 Å². The molecule has 0 aliphatic heterocycles. The van der Waals surface area contributed by atoms with Crippen LogP contribution in [0.2, 0.25) is 0 Å². The van der Waals surface area contributed by atoms with Gasteiger partial charge in [-0.3, -0.25) is 0 Å². The van der Waals surface area contributed by atoms with Crippen molar-refractivity contribution in [2.24, 2.45) is 11.8 Å². The quantitative estimate of drug-likeness (QED) is 0.536. The highest BCUT2D eigenvalue weighted by Gasteiger charge is 2.00. The Hall–Kier alpha value is -0.510. The van der Waals surface area contributed by atoms with Crippen LogP contribution >= 0.6 is 0 Å². The van der Waals surface area contributed by atoms with E-state index >= 15 is 0 Å². The lowest BCUT2D eigenvalue weighted by Gasteiger charge is -2.03. The van der Waals surface area contributed by atoms with Crippen molar-refractivity contribution >= 4 is 0 Å². The molecule has 0 spiro atoms. The van der Waals surface area contributed by atoms with Crippen LogP contribution in [0.5, 0.6) is 0 Å². The van der Waals surface area contributed by atoms with Gasteiger partial charge in [-0.2, -0.15) is 5.26 Å². The summed E-state index contributed by atoms with van der Waals surface area (Å²) in [5.74, 6) is 0.889. The van der Waals surface area contributed by atoms with Crippen molar-refractivity contribution in [2.45, 2.75) is 27.2 Å². The summed E-state index contributed by atoms with van der Waals surface area (Å²) in [6, 6.07) is 2.20. The summed E-state index contributed by atoms with van der Waals surface area (Å²) in [6.07, 6.45) is 1.02. The fourth-order valence-electron chi connectivity index (χ4n) is 0.760. The van der Waals surface area contributed by atoms with E-state index in [4.69, 9.17) is 5.26 Å². The van der Waals surface area contributed by atoms with Gasteiger partial charge in [-0.25, -0.2) is 0 Å². The van der Waals surface area contributed by atoms with E-state index in [1.807, 2.05) is 6.92 Å². The Labute approximate surface area is 51.3 Å². The number of nitriles is 1. The molecule has 1 nitrogen and oxygen atoms in total. The number of hydrogen-bond acceptors (Lipinski definition) is 1. The van der Waals surface area contributed by atoms with Gasteiger partial charge in [-0.05, 0) is 19.3 Å². The predicted octanol–water partition coefficient (Wildman–Crippen LogP) is 2.19. The SMILES string of the molecule is CC(C)C[C@H](C)C#N. The van der Waals surface area contributed by atoms with Gasteiger partial charge in [0.1, 0.15) is 0 Å². The van der Waals surface area contributed by atoms with Crippen molar-refractivity contribution in [1.29, 1.82) is 5.26 Å². The van der Waals surface area contributed by atoms with Crippen LogP contribution in [0.15, 0.2) is 0 Å². The Bertz CT molecular complexity index is 89.1. The van der Waals surface area contributed by atoms with E-state index in [1.54, 1.807) is 0 Å². The van der Waals surface area contributed by atoms with Gasteiger partial charge in [0.2, 0.25) is 0 Å². The van der Waals surface area contributed by atoms with Crippen molar-refractivity contribution < 1.29 is 0 Å². The van der Waals surface area contributed by atoms with E-state index in [1.165, 1.54) is 0 Å². The minimum absolute atomic E-state index is 0.231. The van der Waals surface area contributed by atoms with Crippen molar-refractivity contribution in [3.63, 3.8) is 0 Å². The maximum absolute atomic E-state index is 8.33. The summed E-state index contributed by atoms with van der Waals surface area (Å²) in [4.78, 5) is 0. The normalized spacial score (nSPS) is 13.4. The lowest BCUT2D eigenvalue weighted by atomic mass is 10.0. The molecule has 0 radical (unpaired) electrons. The molecule has 0 amide bonds. The van der Waals surface area contributed by atoms with E-state index < -0.39 is 0 Å². The second-order valence-corrected chi connectivity index (χ2v) is 2.66. The second-order valence-electron chi connectivity index (χ2n) is 2.66. The monoisotopic (exact) mass is 111 g/mol. The first-order valence-corrected chi connectivity index (χ1v) is 3.06. The van der Waals surface area contributed by atoms with Crippen LogP contribution in [-0.4, -0.2) is 0 Å². The van der Waals surface area contributed by atoms with E-state index in [0.29, 0.717) is 5.92 Å². The summed E-state index contributed by atoms with van der Waals surface area (Å²) in [5, 5.41) is 8.33. The fourth-order valence-corrected chi connectivity index (χ4v) is 0.760. The molecule has 0 saturated carbocycles. The molecule has 0 aliphatic carbocycles. The van der Waals surface area contributed by atoms with E-state index in [0.717, 1.165) is 6.42 Å². The molecule has 1 heteroatoms. The average Bonchev–Trinajstić information content (AvgIpc) is 1.65. The Balaban J connectivity index is 3.28. The molecule has 46 valence electrons. The van der Waals surface area contributed by atoms with Crippen molar-refractivity contribution in [3.8, 4) is 6.07 Å². The number of nitrogens with zero attached hydrogens (tertiary/aromatic N) is 1. The van der Waals surface area contributed by atoms with Gasteiger partial charge in [0.05, 0.1) is 6.07 Å². The van der Waals surface area contributed by atoms with Gasteiger partial charge in [0, 0.05) is 5.92 Å². The maximum atomic E-state index is 8.33. The zero-order valence-electron chi connectivity index (χ0n) is 5.81. The average molecular weight is 111 g/mol. The molecule has 0 unspecified atom stereocenters. The Morgan fingerprint density at radius 2 is 1.88 bits per heavy atom. The highest BCUT2D eigenvalue weighted by Crippen LogP contribution is 2.08. The number of rotatable bonds is 2. The van der Waals surface area contributed by atoms with Gasteiger partial charge in [0.25, 0.3) is 0 Å². The Morgan fingerprint density at radius 1 is 1.38 bits per heavy atom. The summed E-state index contributed by atoms with van der Waals surface area (Å²) >= 11 is 0. The topological polar surface area (TPSA) is 23.8 Å². The molecular weight excluding hydrogens is 98.1 g/mol. The molecule has 0 fully saturated rings. The molecule has 1 atom stereocenters. The van der Waals surface area contributed by atoms with Crippen molar-refractivity contribution in [2.75, 3.05) is 0 Å². The molecule has 0 saturated heterocycles. The highest BCUT2D eigenvalue weighted by atomic mass is 14.3. The minimum atomic E-state index is 0.231. The first-order chi connectivity index (χ1) is 3.66. The van der Waals surface area contributed by atoms with E-state index in [-0.39, 0.29) is 5.92 Å². The lowest BCUT2D eigenvalue weighted by Crippen LogP contribution is -1.95. The fraction of sp³-hybridized carbons (Fsp3) is 0.857. The van der Waals surface area contributed by atoms with Gasteiger partial charge >= 0.3 is 0 Å². The summed E-state index contributed by atoms with van der Waals surface area (Å²) < 4.78 is 0. The molecular formula is C7H13N. The van der Waals surface area contributed by atoms with Gasteiger partial charge in [0.15, 0.2) is 0 Å². The molecule has 0 rings (SSSR count). The Kier molecular flexibility index (Phi) is 3.26. The van der Waals surface area contributed by atoms with Gasteiger partial charge in [-0.15, -0.1) is 0 Å². The molecule has 0 heterocycles. The first-order valence-electron chi connectivity index (χ1n) is 3.06. The van der Waals surface area contributed by atoms with Crippen LogP contribution in [0, 0.1) is 23.2 Å². The van der Waals surface area contributed by atoms with Crippen LogP contribution in [0.1, 0.15) is 27.2 Å². The first kappa shape index (κ1) is 7.49. The lowest BCUT2D eigenvalue weighted by molar-refractivity contribution is 0.510. The second kappa shape index (κ2) is 3.49. The van der Waals surface area contributed by atoms with Crippen LogP contribution < -0.4 is 0 Å². The molecule has 0 aliphatic rings. The molecule has 8 heavy (non-hydrogen) atoms. The Morgan fingerprint density at radius 3 is 2.00 bits per heavy atom. The van der Waals surface area contributed by atoms with Gasteiger partial charge in [-0.1, -0.05) is 13.8 Å².